The quantitative estimate of drug-likeness (QED) is 0.724. The minimum atomic E-state index is -0.505. The van der Waals surface area contributed by atoms with Gasteiger partial charge in [-0.3, -0.25) is 0 Å². The lowest BCUT2D eigenvalue weighted by Crippen LogP contribution is -2.40. The zero-order valence-corrected chi connectivity index (χ0v) is 11.5. The van der Waals surface area contributed by atoms with E-state index in [1.54, 1.807) is 0 Å². The van der Waals surface area contributed by atoms with E-state index in [0.717, 1.165) is 24.3 Å². The van der Waals surface area contributed by atoms with Gasteiger partial charge in [-0.05, 0) is 31.9 Å². The highest BCUT2D eigenvalue weighted by molar-refractivity contribution is 5.49. The summed E-state index contributed by atoms with van der Waals surface area (Å²) in [7, 11) is 4.00. The summed E-state index contributed by atoms with van der Waals surface area (Å²) >= 11 is 0. The molecule has 0 aliphatic heterocycles. The Kier molecular flexibility index (Phi) is 5.44. The Hall–Kier alpha value is -1.26. The molecule has 18 heavy (non-hydrogen) atoms. The third kappa shape index (κ3) is 4.94. The Bertz CT molecular complexity index is 365. The van der Waals surface area contributed by atoms with Crippen molar-refractivity contribution in [1.82, 2.24) is 0 Å². The lowest BCUT2D eigenvalue weighted by molar-refractivity contribution is 0.188. The first kappa shape index (κ1) is 14.8. The molecule has 1 unspecified atom stereocenters. The molecule has 0 aliphatic rings. The summed E-state index contributed by atoms with van der Waals surface area (Å²) < 4.78 is 5.67. The van der Waals surface area contributed by atoms with Crippen LogP contribution >= 0.6 is 0 Å². The smallest absolute Gasteiger partial charge is 0.121 e. The molecule has 0 radical (unpaired) electrons. The molecule has 4 nitrogen and oxygen atoms in total. The van der Waals surface area contributed by atoms with Gasteiger partial charge in [-0.1, -0.05) is 6.07 Å². The first-order chi connectivity index (χ1) is 8.44. The Balaban J connectivity index is 2.38. The van der Waals surface area contributed by atoms with Gasteiger partial charge in [0.1, 0.15) is 5.75 Å². The van der Waals surface area contributed by atoms with Crippen LogP contribution in [0.1, 0.15) is 19.8 Å². The monoisotopic (exact) mass is 252 g/mol. The summed E-state index contributed by atoms with van der Waals surface area (Å²) in [6.45, 7) is 2.46. The Morgan fingerprint density at radius 2 is 2.11 bits per heavy atom. The predicted molar refractivity (Wildman–Crippen MR) is 75.2 cm³/mol. The summed E-state index contributed by atoms with van der Waals surface area (Å²) in [5, 5.41) is 9.04. The van der Waals surface area contributed by atoms with Crippen LogP contribution in [0.4, 0.5) is 5.69 Å². The maximum atomic E-state index is 9.04. The second kappa shape index (κ2) is 6.61. The minimum absolute atomic E-state index is 0.00309. The molecule has 0 spiro atoms. The fourth-order valence-corrected chi connectivity index (χ4v) is 1.60. The number of aliphatic hydroxyl groups excluding tert-OH is 1. The molecule has 0 heterocycles. The van der Waals surface area contributed by atoms with Crippen LogP contribution < -0.4 is 15.4 Å². The first-order valence-electron chi connectivity index (χ1n) is 6.24. The van der Waals surface area contributed by atoms with Crippen molar-refractivity contribution in [2.24, 2.45) is 5.73 Å². The number of rotatable bonds is 7. The first-order valence-corrected chi connectivity index (χ1v) is 6.24. The van der Waals surface area contributed by atoms with Gasteiger partial charge in [0.2, 0.25) is 0 Å². The molecule has 0 aliphatic carbocycles. The van der Waals surface area contributed by atoms with Gasteiger partial charge in [0.05, 0.1) is 13.2 Å². The van der Waals surface area contributed by atoms with Gasteiger partial charge in [-0.15, -0.1) is 0 Å². The Labute approximate surface area is 109 Å². The minimum Gasteiger partial charge on any atom is -0.494 e. The van der Waals surface area contributed by atoms with Gasteiger partial charge in [0.25, 0.3) is 0 Å². The number of nitrogens with zero attached hydrogens (tertiary/aromatic N) is 1. The normalized spacial score (nSPS) is 14.1. The maximum absolute atomic E-state index is 9.04. The van der Waals surface area contributed by atoms with Crippen LogP contribution in [0.3, 0.4) is 0 Å². The van der Waals surface area contributed by atoms with E-state index in [1.807, 2.05) is 50.2 Å². The van der Waals surface area contributed by atoms with E-state index in [-0.39, 0.29) is 6.61 Å². The molecule has 0 saturated carbocycles. The largest absolute Gasteiger partial charge is 0.494 e. The molecule has 1 atom stereocenters. The number of anilines is 1. The fourth-order valence-electron chi connectivity index (χ4n) is 1.60. The lowest BCUT2D eigenvalue weighted by atomic mass is 9.99. The van der Waals surface area contributed by atoms with Crippen molar-refractivity contribution in [2.75, 3.05) is 32.2 Å². The topological polar surface area (TPSA) is 58.7 Å². The second-order valence-electron chi connectivity index (χ2n) is 5.16. The highest BCUT2D eigenvalue weighted by Gasteiger charge is 2.15. The molecule has 102 valence electrons. The summed E-state index contributed by atoms with van der Waals surface area (Å²) in [6, 6.07) is 7.97. The fraction of sp³-hybridized carbons (Fsp3) is 0.571. The van der Waals surface area contributed by atoms with E-state index in [0.29, 0.717) is 6.61 Å². The van der Waals surface area contributed by atoms with Crippen LogP contribution in [0.2, 0.25) is 0 Å². The molecular weight excluding hydrogens is 228 g/mol. The van der Waals surface area contributed by atoms with Crippen LogP contribution in [0.5, 0.6) is 5.75 Å². The van der Waals surface area contributed by atoms with Crippen LogP contribution in [-0.4, -0.2) is 38.0 Å². The molecule has 0 amide bonds. The molecule has 3 N–H and O–H groups in total. The highest BCUT2D eigenvalue weighted by atomic mass is 16.5. The molecule has 0 fully saturated rings. The molecule has 0 bridgehead atoms. The molecular formula is C14H24N2O2. The van der Waals surface area contributed by atoms with E-state index in [1.165, 1.54) is 0 Å². The molecule has 0 aromatic heterocycles. The SMILES string of the molecule is CN(C)c1cccc(OCCCC(C)(N)CO)c1. The number of hydrogen-bond acceptors (Lipinski definition) is 4. The average molecular weight is 252 g/mol. The maximum Gasteiger partial charge on any atom is 0.121 e. The van der Waals surface area contributed by atoms with Crippen molar-refractivity contribution in [3.8, 4) is 5.75 Å². The molecule has 1 aromatic carbocycles. The van der Waals surface area contributed by atoms with Crippen LogP contribution in [-0.2, 0) is 0 Å². The van der Waals surface area contributed by atoms with Gasteiger partial charge in [0.15, 0.2) is 0 Å². The predicted octanol–water partition coefficient (Wildman–Crippen LogP) is 1.62. The third-order valence-corrected chi connectivity index (χ3v) is 2.86. The standard InChI is InChI=1S/C14H24N2O2/c1-14(15,11-17)8-5-9-18-13-7-4-6-12(10-13)16(2)3/h4,6-7,10,17H,5,8-9,11,15H2,1-3H3. The van der Waals surface area contributed by atoms with E-state index >= 15 is 0 Å². The summed E-state index contributed by atoms with van der Waals surface area (Å²) in [6.07, 6.45) is 1.58. The van der Waals surface area contributed by atoms with E-state index in [4.69, 9.17) is 15.6 Å². The van der Waals surface area contributed by atoms with Gasteiger partial charge in [-0.2, -0.15) is 0 Å². The molecule has 0 saturated heterocycles. The van der Waals surface area contributed by atoms with Gasteiger partial charge in [-0.25, -0.2) is 0 Å². The number of benzene rings is 1. The number of ether oxygens (including phenoxy) is 1. The zero-order valence-electron chi connectivity index (χ0n) is 11.5. The van der Waals surface area contributed by atoms with Crippen molar-refractivity contribution >= 4 is 5.69 Å². The lowest BCUT2D eigenvalue weighted by Gasteiger charge is -2.21. The second-order valence-corrected chi connectivity index (χ2v) is 5.16. The number of aliphatic hydroxyl groups is 1. The zero-order chi connectivity index (χ0) is 13.6. The van der Waals surface area contributed by atoms with Crippen LogP contribution in [0.25, 0.3) is 0 Å². The van der Waals surface area contributed by atoms with E-state index in [2.05, 4.69) is 0 Å². The van der Waals surface area contributed by atoms with Crippen molar-refractivity contribution in [1.29, 1.82) is 0 Å². The molecule has 4 heteroatoms. The average Bonchev–Trinajstić information content (AvgIpc) is 2.35. The highest BCUT2D eigenvalue weighted by Crippen LogP contribution is 2.19. The van der Waals surface area contributed by atoms with Crippen molar-refractivity contribution in [3.63, 3.8) is 0 Å². The van der Waals surface area contributed by atoms with Gasteiger partial charge in [0, 0.05) is 31.4 Å². The number of hydrogen-bond donors (Lipinski definition) is 2. The summed E-state index contributed by atoms with van der Waals surface area (Å²) in [5.74, 6) is 0.865. The molecule has 1 aromatic rings. The summed E-state index contributed by atoms with van der Waals surface area (Å²) in [5.41, 5.74) is 6.46. The Morgan fingerprint density at radius 1 is 1.39 bits per heavy atom. The van der Waals surface area contributed by atoms with Crippen molar-refractivity contribution < 1.29 is 9.84 Å². The Morgan fingerprint density at radius 3 is 2.72 bits per heavy atom. The van der Waals surface area contributed by atoms with E-state index in [9.17, 15) is 0 Å². The van der Waals surface area contributed by atoms with Crippen LogP contribution in [0, 0.1) is 0 Å². The van der Waals surface area contributed by atoms with Crippen molar-refractivity contribution in [2.45, 2.75) is 25.3 Å². The van der Waals surface area contributed by atoms with E-state index < -0.39 is 5.54 Å². The summed E-state index contributed by atoms with van der Waals surface area (Å²) in [4.78, 5) is 2.04. The van der Waals surface area contributed by atoms with Crippen LogP contribution in [0.15, 0.2) is 24.3 Å². The third-order valence-electron chi connectivity index (χ3n) is 2.86. The van der Waals surface area contributed by atoms with Gasteiger partial charge >= 0.3 is 0 Å². The molecule has 1 rings (SSSR count). The van der Waals surface area contributed by atoms with Gasteiger partial charge < -0.3 is 20.5 Å². The number of nitrogens with two attached hydrogens (primary N) is 1. The van der Waals surface area contributed by atoms with Crippen molar-refractivity contribution in [3.05, 3.63) is 24.3 Å².